The van der Waals surface area contributed by atoms with Crippen molar-refractivity contribution in [1.82, 2.24) is 13.9 Å². The van der Waals surface area contributed by atoms with Crippen LogP contribution in [0.1, 0.15) is 25.6 Å². The van der Waals surface area contributed by atoms with Crippen LogP contribution in [0.25, 0.3) is 0 Å². The summed E-state index contributed by atoms with van der Waals surface area (Å²) in [6.45, 7) is 5.21. The van der Waals surface area contributed by atoms with E-state index >= 15 is 0 Å². The van der Waals surface area contributed by atoms with Crippen LogP contribution in [0.5, 0.6) is 0 Å². The molecule has 0 N–H and O–H groups in total. The lowest BCUT2D eigenvalue weighted by Gasteiger charge is -2.22. The number of aryl methyl sites for hydroxylation is 2. The van der Waals surface area contributed by atoms with Gasteiger partial charge in [-0.3, -0.25) is 0 Å². The van der Waals surface area contributed by atoms with E-state index in [1.165, 1.54) is 5.57 Å². The molecule has 0 unspecified atom stereocenters. The smallest absolute Gasteiger partial charge is 0.262 e. The Bertz CT molecular complexity index is 640. The van der Waals surface area contributed by atoms with Crippen LogP contribution in [0.2, 0.25) is 0 Å². The number of nitrogens with zero attached hydrogens (tertiary/aromatic N) is 3. The van der Waals surface area contributed by atoms with Gasteiger partial charge >= 0.3 is 0 Å². The predicted octanol–water partition coefficient (Wildman–Crippen LogP) is 1.71. The zero-order chi connectivity index (χ0) is 14.5. The monoisotopic (exact) mass is 295 g/mol. The molecule has 1 fully saturated rings. The highest BCUT2D eigenvalue weighted by Gasteiger charge is 2.40. The molecule has 6 heteroatoms. The van der Waals surface area contributed by atoms with Crippen LogP contribution in [0, 0.1) is 18.8 Å². The van der Waals surface area contributed by atoms with Gasteiger partial charge in [-0.05, 0) is 38.5 Å². The second kappa shape index (κ2) is 4.70. The van der Waals surface area contributed by atoms with Crippen molar-refractivity contribution >= 4 is 10.0 Å². The van der Waals surface area contributed by atoms with Gasteiger partial charge < -0.3 is 4.57 Å². The number of imidazole rings is 1. The minimum absolute atomic E-state index is 0.181. The van der Waals surface area contributed by atoms with Gasteiger partial charge in [-0.1, -0.05) is 11.6 Å². The molecule has 1 saturated heterocycles. The Morgan fingerprint density at radius 2 is 1.95 bits per heavy atom. The number of hydrogen-bond donors (Lipinski definition) is 0. The quantitative estimate of drug-likeness (QED) is 0.780. The third-order valence-corrected chi connectivity index (χ3v) is 6.29. The second-order valence-electron chi connectivity index (χ2n) is 6.07. The molecule has 2 heterocycles. The largest absolute Gasteiger partial charge is 0.337 e. The van der Waals surface area contributed by atoms with Crippen LogP contribution in [0.15, 0.2) is 22.9 Å². The van der Waals surface area contributed by atoms with Crippen molar-refractivity contribution in [2.45, 2.75) is 31.7 Å². The Morgan fingerprint density at radius 3 is 2.60 bits per heavy atom. The first-order chi connectivity index (χ1) is 9.38. The maximum Gasteiger partial charge on any atom is 0.262 e. The fourth-order valence-corrected chi connectivity index (χ4v) is 4.80. The van der Waals surface area contributed by atoms with Crippen molar-refractivity contribution in [3.63, 3.8) is 0 Å². The Labute approximate surface area is 120 Å². The lowest BCUT2D eigenvalue weighted by molar-refractivity contribution is 0.400. The molecule has 0 aromatic carbocycles. The lowest BCUT2D eigenvalue weighted by atomic mass is 9.83. The number of sulfonamides is 1. The summed E-state index contributed by atoms with van der Waals surface area (Å²) in [6.07, 6.45) is 5.89. The van der Waals surface area contributed by atoms with Crippen LogP contribution in [-0.2, 0) is 17.1 Å². The van der Waals surface area contributed by atoms with Crippen LogP contribution < -0.4 is 0 Å². The van der Waals surface area contributed by atoms with Gasteiger partial charge in [0.05, 0.1) is 0 Å². The topological polar surface area (TPSA) is 55.2 Å². The molecule has 0 spiro atoms. The Hall–Kier alpha value is -1.14. The highest BCUT2D eigenvalue weighted by atomic mass is 32.2. The van der Waals surface area contributed by atoms with E-state index in [-0.39, 0.29) is 5.03 Å². The van der Waals surface area contributed by atoms with Crippen molar-refractivity contribution < 1.29 is 8.42 Å². The summed E-state index contributed by atoms with van der Waals surface area (Å²) < 4.78 is 28.7. The van der Waals surface area contributed by atoms with Crippen molar-refractivity contribution in [2.75, 3.05) is 13.1 Å². The molecule has 1 aliphatic heterocycles. The van der Waals surface area contributed by atoms with Crippen LogP contribution >= 0.6 is 0 Å². The minimum atomic E-state index is -3.44. The lowest BCUT2D eigenvalue weighted by Crippen LogP contribution is -2.29. The van der Waals surface area contributed by atoms with E-state index in [0.29, 0.717) is 24.9 Å². The highest BCUT2D eigenvalue weighted by Crippen LogP contribution is 2.37. The van der Waals surface area contributed by atoms with E-state index in [9.17, 15) is 8.42 Å². The normalized spacial score (nSPS) is 27.4. The van der Waals surface area contributed by atoms with Gasteiger partial charge in [0.2, 0.25) is 0 Å². The number of allylic oxidation sites excluding steroid dienone is 2. The van der Waals surface area contributed by atoms with E-state index in [1.54, 1.807) is 15.1 Å². The van der Waals surface area contributed by atoms with E-state index in [0.717, 1.165) is 18.7 Å². The van der Waals surface area contributed by atoms with Gasteiger partial charge in [0, 0.05) is 26.3 Å². The SMILES string of the molecule is CC1=CC[C@H]2CN(S(=O)(=O)c3cn(C)c(C)n3)C[C@H]2C1. The first kappa shape index (κ1) is 13.8. The standard InChI is InChI=1S/C14H21N3O2S/c1-10-4-5-12-7-17(8-13(12)6-10)20(18,19)14-9-16(3)11(2)15-14/h4,9,12-13H,5-8H2,1-3H3/t12-,13+/m0/s1. The maximum atomic E-state index is 12.7. The fraction of sp³-hybridized carbons (Fsp3) is 0.643. The van der Waals surface area contributed by atoms with Gasteiger partial charge in [-0.2, -0.15) is 4.31 Å². The van der Waals surface area contributed by atoms with Crippen LogP contribution in [-0.4, -0.2) is 35.4 Å². The van der Waals surface area contributed by atoms with E-state index in [1.807, 2.05) is 14.0 Å². The zero-order valence-electron chi connectivity index (χ0n) is 12.2. The third kappa shape index (κ3) is 2.20. The molecule has 110 valence electrons. The van der Waals surface area contributed by atoms with Gasteiger partial charge in [-0.25, -0.2) is 13.4 Å². The van der Waals surface area contributed by atoms with Crippen molar-refractivity contribution in [3.05, 3.63) is 23.7 Å². The minimum Gasteiger partial charge on any atom is -0.337 e. The van der Waals surface area contributed by atoms with Crippen molar-refractivity contribution in [1.29, 1.82) is 0 Å². The van der Waals surface area contributed by atoms with E-state index < -0.39 is 10.0 Å². The molecule has 0 bridgehead atoms. The van der Waals surface area contributed by atoms with Gasteiger partial charge in [0.25, 0.3) is 10.0 Å². The first-order valence-electron chi connectivity index (χ1n) is 7.03. The third-order valence-electron chi connectivity index (χ3n) is 4.59. The second-order valence-corrected chi connectivity index (χ2v) is 7.95. The van der Waals surface area contributed by atoms with Gasteiger partial charge in [-0.15, -0.1) is 0 Å². The maximum absolute atomic E-state index is 12.7. The molecule has 0 amide bonds. The summed E-state index contributed by atoms with van der Waals surface area (Å²) >= 11 is 0. The number of aromatic nitrogens is 2. The molecular formula is C14H21N3O2S. The molecule has 5 nitrogen and oxygen atoms in total. The van der Waals surface area contributed by atoms with Crippen LogP contribution in [0.4, 0.5) is 0 Å². The summed E-state index contributed by atoms with van der Waals surface area (Å²) in [7, 11) is -1.62. The number of hydrogen-bond acceptors (Lipinski definition) is 3. The molecular weight excluding hydrogens is 274 g/mol. The van der Waals surface area contributed by atoms with Crippen molar-refractivity contribution in [3.8, 4) is 0 Å². The Kier molecular flexibility index (Phi) is 3.25. The first-order valence-corrected chi connectivity index (χ1v) is 8.47. The predicted molar refractivity (Wildman–Crippen MR) is 76.7 cm³/mol. The number of fused-ring (bicyclic) bond motifs is 1. The molecule has 1 aliphatic carbocycles. The Morgan fingerprint density at radius 1 is 1.25 bits per heavy atom. The molecule has 20 heavy (non-hydrogen) atoms. The van der Waals surface area contributed by atoms with Crippen molar-refractivity contribution in [2.24, 2.45) is 18.9 Å². The van der Waals surface area contributed by atoms with Gasteiger partial charge in [0.15, 0.2) is 5.03 Å². The summed E-state index contributed by atoms with van der Waals surface area (Å²) in [5.74, 6) is 1.66. The molecule has 0 radical (unpaired) electrons. The summed E-state index contributed by atoms with van der Waals surface area (Å²) in [4.78, 5) is 4.18. The zero-order valence-corrected chi connectivity index (χ0v) is 13.0. The highest BCUT2D eigenvalue weighted by molar-refractivity contribution is 7.89. The summed E-state index contributed by atoms with van der Waals surface area (Å²) in [5.41, 5.74) is 1.39. The van der Waals surface area contributed by atoms with E-state index in [2.05, 4.69) is 18.0 Å². The summed E-state index contributed by atoms with van der Waals surface area (Å²) in [6, 6.07) is 0. The van der Waals surface area contributed by atoms with E-state index in [4.69, 9.17) is 0 Å². The molecule has 0 saturated carbocycles. The molecule has 3 rings (SSSR count). The Balaban J connectivity index is 1.84. The van der Waals surface area contributed by atoms with Gasteiger partial charge in [0.1, 0.15) is 5.82 Å². The molecule has 2 atom stereocenters. The fourth-order valence-electron chi connectivity index (χ4n) is 3.22. The number of rotatable bonds is 2. The average molecular weight is 295 g/mol. The summed E-state index contributed by atoms with van der Waals surface area (Å²) in [5, 5.41) is 0.181. The molecule has 1 aromatic rings. The average Bonchev–Trinajstić information content (AvgIpc) is 2.94. The molecule has 2 aliphatic rings. The molecule has 1 aromatic heterocycles. The van der Waals surface area contributed by atoms with Crippen LogP contribution in [0.3, 0.4) is 0 Å².